The molecule has 1 aromatic carbocycles. The van der Waals surface area contributed by atoms with E-state index in [-0.39, 0.29) is 6.03 Å². The van der Waals surface area contributed by atoms with Crippen molar-refractivity contribution in [2.75, 3.05) is 19.0 Å². The molecule has 128 valence electrons. The van der Waals surface area contributed by atoms with E-state index < -0.39 is 0 Å². The summed E-state index contributed by atoms with van der Waals surface area (Å²) < 4.78 is 6.59. The first-order valence-electron chi connectivity index (χ1n) is 7.59. The molecule has 0 aliphatic rings. The molecular weight excluding hydrogens is 322 g/mol. The predicted molar refractivity (Wildman–Crippen MR) is 90.7 cm³/mol. The first kappa shape index (κ1) is 16.4. The number of carbonyl (C=O) groups excluding carboxylic acids is 1. The molecule has 9 nitrogen and oxygen atoms in total. The summed E-state index contributed by atoms with van der Waals surface area (Å²) in [6.07, 6.45) is 4.98. The number of ether oxygens (including phenoxy) is 1. The SMILES string of the molecule is COc1ccc(CCNC(=O)Nc2cc(-n3cncn3)ncn2)cc1. The molecule has 2 N–H and O–H groups in total. The maximum atomic E-state index is 12.0. The van der Waals surface area contributed by atoms with Crippen molar-refractivity contribution < 1.29 is 9.53 Å². The molecule has 3 rings (SSSR count). The van der Waals surface area contributed by atoms with Gasteiger partial charge in [-0.15, -0.1) is 0 Å². The molecule has 25 heavy (non-hydrogen) atoms. The second-order valence-corrected chi connectivity index (χ2v) is 5.08. The number of hydrogen-bond donors (Lipinski definition) is 2. The van der Waals surface area contributed by atoms with Crippen molar-refractivity contribution >= 4 is 11.8 Å². The Morgan fingerprint density at radius 1 is 1.20 bits per heavy atom. The fourth-order valence-electron chi connectivity index (χ4n) is 2.14. The average molecular weight is 339 g/mol. The second kappa shape index (κ2) is 7.86. The van der Waals surface area contributed by atoms with Gasteiger partial charge < -0.3 is 10.1 Å². The standard InChI is InChI=1S/C16H17N7O2/c1-25-13-4-2-12(3-5-13)6-7-18-16(24)22-14-8-15(20-10-19-14)23-11-17-9-21-23/h2-5,8-11H,6-7H2,1H3,(H2,18,19,20,22,24). The molecule has 0 saturated carbocycles. The monoisotopic (exact) mass is 339 g/mol. The van der Waals surface area contributed by atoms with Crippen molar-refractivity contribution in [1.29, 1.82) is 0 Å². The van der Waals surface area contributed by atoms with Crippen LogP contribution in [-0.2, 0) is 6.42 Å². The minimum atomic E-state index is -0.336. The largest absolute Gasteiger partial charge is 0.497 e. The maximum absolute atomic E-state index is 12.0. The minimum absolute atomic E-state index is 0.336. The summed E-state index contributed by atoms with van der Waals surface area (Å²) in [4.78, 5) is 23.9. The molecule has 0 saturated heterocycles. The minimum Gasteiger partial charge on any atom is -0.497 e. The van der Waals surface area contributed by atoms with Gasteiger partial charge in [-0.2, -0.15) is 5.10 Å². The van der Waals surface area contributed by atoms with Crippen LogP contribution in [0.15, 0.2) is 49.3 Å². The number of amides is 2. The van der Waals surface area contributed by atoms with E-state index in [0.29, 0.717) is 24.6 Å². The van der Waals surface area contributed by atoms with Gasteiger partial charge in [0.2, 0.25) is 0 Å². The van der Waals surface area contributed by atoms with Gasteiger partial charge in [-0.1, -0.05) is 12.1 Å². The highest BCUT2D eigenvalue weighted by Gasteiger charge is 2.05. The summed E-state index contributed by atoms with van der Waals surface area (Å²) >= 11 is 0. The lowest BCUT2D eigenvalue weighted by molar-refractivity contribution is 0.252. The topological polar surface area (TPSA) is 107 Å². The molecule has 2 amide bonds. The lowest BCUT2D eigenvalue weighted by atomic mass is 10.1. The Hall–Kier alpha value is -3.49. The maximum Gasteiger partial charge on any atom is 0.320 e. The van der Waals surface area contributed by atoms with Gasteiger partial charge in [0.25, 0.3) is 0 Å². The third kappa shape index (κ3) is 4.50. The van der Waals surface area contributed by atoms with Crippen LogP contribution in [0.3, 0.4) is 0 Å². The van der Waals surface area contributed by atoms with Gasteiger partial charge in [-0.25, -0.2) is 24.4 Å². The molecule has 0 radical (unpaired) electrons. The van der Waals surface area contributed by atoms with Crippen LogP contribution in [0.5, 0.6) is 5.75 Å². The third-order valence-electron chi connectivity index (χ3n) is 3.41. The zero-order valence-corrected chi connectivity index (χ0v) is 13.6. The lowest BCUT2D eigenvalue weighted by Crippen LogP contribution is -2.30. The zero-order valence-electron chi connectivity index (χ0n) is 13.6. The Bertz CT molecular complexity index is 819. The Morgan fingerprint density at radius 3 is 2.76 bits per heavy atom. The van der Waals surface area contributed by atoms with Crippen molar-refractivity contribution in [2.24, 2.45) is 0 Å². The number of carbonyl (C=O) groups is 1. The number of hydrogen-bond acceptors (Lipinski definition) is 6. The molecule has 0 unspecified atom stereocenters. The number of rotatable bonds is 6. The number of benzene rings is 1. The van der Waals surface area contributed by atoms with Crippen molar-refractivity contribution in [1.82, 2.24) is 30.0 Å². The number of anilines is 1. The molecule has 9 heteroatoms. The summed E-state index contributed by atoms with van der Waals surface area (Å²) in [5.74, 6) is 1.70. The van der Waals surface area contributed by atoms with Gasteiger partial charge in [-0.05, 0) is 24.1 Å². The van der Waals surface area contributed by atoms with Gasteiger partial charge in [0.1, 0.15) is 30.5 Å². The summed E-state index contributed by atoms with van der Waals surface area (Å²) in [5, 5.41) is 9.43. The fourth-order valence-corrected chi connectivity index (χ4v) is 2.14. The zero-order chi connectivity index (χ0) is 17.5. The molecule has 0 aliphatic carbocycles. The van der Waals surface area contributed by atoms with Crippen molar-refractivity contribution in [2.45, 2.75) is 6.42 Å². The number of methoxy groups -OCH3 is 1. The van der Waals surface area contributed by atoms with Crippen molar-refractivity contribution in [3.63, 3.8) is 0 Å². The van der Waals surface area contributed by atoms with Gasteiger partial charge in [0, 0.05) is 12.6 Å². The molecule has 0 fully saturated rings. The Labute approximate surface area is 144 Å². The normalized spacial score (nSPS) is 10.3. The van der Waals surface area contributed by atoms with Crippen LogP contribution < -0.4 is 15.4 Å². The van der Waals surface area contributed by atoms with E-state index in [4.69, 9.17) is 4.74 Å². The van der Waals surface area contributed by atoms with E-state index in [0.717, 1.165) is 11.3 Å². The van der Waals surface area contributed by atoms with Gasteiger partial charge in [-0.3, -0.25) is 5.32 Å². The summed E-state index contributed by atoms with van der Waals surface area (Å²) in [7, 11) is 1.63. The highest BCUT2D eigenvalue weighted by Crippen LogP contribution is 2.11. The molecule has 0 bridgehead atoms. The van der Waals surface area contributed by atoms with Crippen LogP contribution in [0.4, 0.5) is 10.6 Å². The number of nitrogens with zero attached hydrogens (tertiary/aromatic N) is 5. The molecule has 3 aromatic rings. The van der Waals surface area contributed by atoms with Crippen molar-refractivity contribution in [3.8, 4) is 11.6 Å². The molecule has 0 aliphatic heterocycles. The average Bonchev–Trinajstić information content (AvgIpc) is 3.17. The highest BCUT2D eigenvalue weighted by molar-refractivity contribution is 5.88. The van der Waals surface area contributed by atoms with E-state index in [1.807, 2.05) is 24.3 Å². The van der Waals surface area contributed by atoms with Gasteiger partial charge >= 0.3 is 6.03 Å². The molecular formula is C16H17N7O2. The molecule has 0 atom stereocenters. The molecule has 2 aromatic heterocycles. The number of urea groups is 1. The second-order valence-electron chi connectivity index (χ2n) is 5.08. The predicted octanol–water partition coefficient (Wildman–Crippen LogP) is 1.43. The van der Waals surface area contributed by atoms with E-state index in [1.165, 1.54) is 23.7 Å². The molecule has 2 heterocycles. The van der Waals surface area contributed by atoms with Crippen molar-refractivity contribution in [3.05, 3.63) is 54.9 Å². The van der Waals surface area contributed by atoms with Crippen LogP contribution in [-0.4, -0.2) is 44.4 Å². The van der Waals surface area contributed by atoms with Crippen LogP contribution in [0, 0.1) is 0 Å². The van der Waals surface area contributed by atoms with Crippen LogP contribution >= 0.6 is 0 Å². The van der Waals surface area contributed by atoms with E-state index in [2.05, 4.69) is 30.7 Å². The Morgan fingerprint density at radius 2 is 2.04 bits per heavy atom. The van der Waals surface area contributed by atoms with Gasteiger partial charge in [0.05, 0.1) is 7.11 Å². The lowest BCUT2D eigenvalue weighted by Gasteiger charge is -2.08. The highest BCUT2D eigenvalue weighted by atomic mass is 16.5. The van der Waals surface area contributed by atoms with Crippen LogP contribution in [0.25, 0.3) is 5.82 Å². The smallest absolute Gasteiger partial charge is 0.320 e. The first-order valence-corrected chi connectivity index (χ1v) is 7.59. The van der Waals surface area contributed by atoms with Crippen LogP contribution in [0.1, 0.15) is 5.56 Å². The van der Waals surface area contributed by atoms with Crippen LogP contribution in [0.2, 0.25) is 0 Å². The number of nitrogens with one attached hydrogen (secondary N) is 2. The van der Waals surface area contributed by atoms with E-state index >= 15 is 0 Å². The van der Waals surface area contributed by atoms with E-state index in [9.17, 15) is 4.79 Å². The van der Waals surface area contributed by atoms with Gasteiger partial charge in [0.15, 0.2) is 5.82 Å². The molecule has 0 spiro atoms. The fraction of sp³-hybridized carbons (Fsp3) is 0.188. The third-order valence-corrected chi connectivity index (χ3v) is 3.41. The van der Waals surface area contributed by atoms with E-state index in [1.54, 1.807) is 13.2 Å². The summed E-state index contributed by atoms with van der Waals surface area (Å²) in [6.45, 7) is 0.499. The Kier molecular flexibility index (Phi) is 5.15. The Balaban J connectivity index is 1.50. The number of aromatic nitrogens is 5. The quantitative estimate of drug-likeness (QED) is 0.703. The first-order chi connectivity index (χ1) is 12.2. The summed E-state index contributed by atoms with van der Waals surface area (Å²) in [6, 6.07) is 8.99. The summed E-state index contributed by atoms with van der Waals surface area (Å²) in [5.41, 5.74) is 1.11.